The zero-order chi connectivity index (χ0) is 14.4. The first kappa shape index (κ1) is 12.8. The number of ether oxygens (including phenoxy) is 3. The summed E-state index contributed by atoms with van der Waals surface area (Å²) in [6, 6.07) is 3.12. The van der Waals surface area contributed by atoms with Gasteiger partial charge in [0, 0.05) is 12.1 Å². The van der Waals surface area contributed by atoms with Crippen LogP contribution in [-0.4, -0.2) is 24.5 Å². The molecule has 2 bridgehead atoms. The van der Waals surface area contributed by atoms with Crippen LogP contribution in [0.3, 0.4) is 0 Å². The second-order valence-electron chi connectivity index (χ2n) is 6.25. The van der Waals surface area contributed by atoms with Gasteiger partial charge in [-0.2, -0.15) is 0 Å². The molecule has 0 spiro atoms. The second-order valence-corrected chi connectivity index (χ2v) is 6.25. The summed E-state index contributed by atoms with van der Waals surface area (Å²) in [5, 5.41) is 9.32. The zero-order valence-electron chi connectivity index (χ0n) is 11.7. The Kier molecular flexibility index (Phi) is 2.94. The molecule has 2 aliphatic carbocycles. The van der Waals surface area contributed by atoms with Gasteiger partial charge in [-0.3, -0.25) is 0 Å². The Morgan fingerprint density at radius 1 is 1.24 bits per heavy atom. The number of hydrogen-bond donors (Lipinski definition) is 1. The van der Waals surface area contributed by atoms with E-state index in [-0.39, 0.29) is 12.4 Å². The molecule has 2 saturated carbocycles. The summed E-state index contributed by atoms with van der Waals surface area (Å²) in [6.07, 6.45) is 5.19. The topological polar surface area (TPSA) is 65.0 Å². The maximum Gasteiger partial charge on any atom is 0.339 e. The summed E-state index contributed by atoms with van der Waals surface area (Å²) in [6.45, 7) is 0.727. The third-order valence-corrected chi connectivity index (χ3v) is 5.04. The molecule has 3 unspecified atom stereocenters. The summed E-state index contributed by atoms with van der Waals surface area (Å²) < 4.78 is 16.4. The van der Waals surface area contributed by atoms with Gasteiger partial charge in [-0.1, -0.05) is 6.42 Å². The Balaban J connectivity index is 1.52. The van der Waals surface area contributed by atoms with Crippen molar-refractivity contribution in [1.29, 1.82) is 0 Å². The van der Waals surface area contributed by atoms with Crippen LogP contribution < -0.4 is 14.2 Å². The Morgan fingerprint density at radius 2 is 2.05 bits per heavy atom. The first-order valence-corrected chi connectivity index (χ1v) is 7.50. The van der Waals surface area contributed by atoms with E-state index in [2.05, 4.69) is 0 Å². The average molecular weight is 290 g/mol. The molecule has 112 valence electrons. The quantitative estimate of drug-likeness (QED) is 0.923. The minimum Gasteiger partial charge on any atom is -0.492 e. The van der Waals surface area contributed by atoms with Crippen LogP contribution in [0.25, 0.3) is 0 Å². The lowest BCUT2D eigenvalue weighted by Crippen LogP contribution is -2.19. The van der Waals surface area contributed by atoms with E-state index in [0.717, 1.165) is 11.8 Å². The van der Waals surface area contributed by atoms with E-state index < -0.39 is 5.97 Å². The highest BCUT2D eigenvalue weighted by atomic mass is 16.7. The third kappa shape index (κ3) is 2.20. The van der Waals surface area contributed by atoms with Crippen LogP contribution in [0.4, 0.5) is 0 Å². The van der Waals surface area contributed by atoms with E-state index in [9.17, 15) is 9.90 Å². The van der Waals surface area contributed by atoms with Crippen molar-refractivity contribution in [2.45, 2.75) is 25.7 Å². The van der Waals surface area contributed by atoms with Crippen molar-refractivity contribution in [3.8, 4) is 17.2 Å². The van der Waals surface area contributed by atoms with Gasteiger partial charge in [0.05, 0.1) is 6.61 Å². The van der Waals surface area contributed by atoms with E-state index >= 15 is 0 Å². The molecule has 1 aliphatic heterocycles. The first-order chi connectivity index (χ1) is 10.2. The van der Waals surface area contributed by atoms with Crippen LogP contribution in [0.2, 0.25) is 0 Å². The van der Waals surface area contributed by atoms with E-state index in [1.807, 2.05) is 0 Å². The molecule has 4 rings (SSSR count). The lowest BCUT2D eigenvalue weighted by atomic mass is 9.89. The molecule has 1 N–H and O–H groups in total. The first-order valence-electron chi connectivity index (χ1n) is 7.50. The summed E-state index contributed by atoms with van der Waals surface area (Å²) >= 11 is 0. The highest BCUT2D eigenvalue weighted by molar-refractivity contribution is 5.92. The van der Waals surface area contributed by atoms with Crippen molar-refractivity contribution >= 4 is 5.97 Å². The maximum atomic E-state index is 11.4. The predicted octanol–water partition coefficient (Wildman–Crippen LogP) is 2.93. The number of benzene rings is 1. The van der Waals surface area contributed by atoms with E-state index in [0.29, 0.717) is 29.8 Å². The van der Waals surface area contributed by atoms with Gasteiger partial charge in [0.15, 0.2) is 11.5 Å². The number of carbonyl (C=O) groups is 1. The molecule has 0 radical (unpaired) electrons. The molecule has 1 aromatic rings. The van der Waals surface area contributed by atoms with Crippen LogP contribution in [0.15, 0.2) is 12.1 Å². The predicted molar refractivity (Wildman–Crippen MR) is 74.0 cm³/mol. The standard InChI is InChI=1S/C16H18O5/c17-16(18)12-5-14-15(21-8-20-14)6-13(12)19-7-11-4-9-1-2-10(11)3-9/h5-6,9-11H,1-4,7-8H2,(H,17,18). The summed E-state index contributed by atoms with van der Waals surface area (Å²) in [5.41, 5.74) is 0.141. The smallest absolute Gasteiger partial charge is 0.339 e. The second kappa shape index (κ2) is 4.83. The number of aromatic carboxylic acids is 1. The fraction of sp³-hybridized carbons (Fsp3) is 0.562. The van der Waals surface area contributed by atoms with E-state index in [1.165, 1.54) is 31.7 Å². The highest BCUT2D eigenvalue weighted by Gasteiger charge is 2.39. The summed E-state index contributed by atoms with van der Waals surface area (Å²) in [7, 11) is 0. The van der Waals surface area contributed by atoms with Crippen molar-refractivity contribution in [3.63, 3.8) is 0 Å². The van der Waals surface area contributed by atoms with Crippen molar-refractivity contribution in [2.75, 3.05) is 13.4 Å². The largest absolute Gasteiger partial charge is 0.492 e. The van der Waals surface area contributed by atoms with Gasteiger partial charge in [0.1, 0.15) is 11.3 Å². The van der Waals surface area contributed by atoms with Crippen LogP contribution in [0.1, 0.15) is 36.0 Å². The number of carboxylic acids is 1. The number of fused-ring (bicyclic) bond motifs is 3. The minimum absolute atomic E-state index is 0.129. The molecule has 5 nitrogen and oxygen atoms in total. The van der Waals surface area contributed by atoms with Crippen molar-refractivity contribution in [2.24, 2.45) is 17.8 Å². The van der Waals surface area contributed by atoms with Gasteiger partial charge < -0.3 is 19.3 Å². The van der Waals surface area contributed by atoms with Gasteiger partial charge >= 0.3 is 5.97 Å². The van der Waals surface area contributed by atoms with E-state index in [4.69, 9.17) is 14.2 Å². The summed E-state index contributed by atoms with van der Waals surface area (Å²) in [4.78, 5) is 11.4. The van der Waals surface area contributed by atoms with Gasteiger partial charge in [-0.25, -0.2) is 4.79 Å². The van der Waals surface area contributed by atoms with Gasteiger partial charge in [0.25, 0.3) is 0 Å². The van der Waals surface area contributed by atoms with Crippen molar-refractivity contribution in [1.82, 2.24) is 0 Å². The molecule has 0 amide bonds. The molecule has 3 atom stereocenters. The number of hydrogen-bond acceptors (Lipinski definition) is 4. The fourth-order valence-electron chi connectivity index (χ4n) is 3.99. The Bertz CT molecular complexity index is 582. The van der Waals surface area contributed by atoms with Gasteiger partial charge in [0.2, 0.25) is 6.79 Å². The lowest BCUT2D eigenvalue weighted by molar-refractivity contribution is 0.0690. The van der Waals surface area contributed by atoms with Crippen molar-refractivity contribution < 1.29 is 24.1 Å². The number of carboxylic acid groups (broad SMARTS) is 1. The molecule has 1 aromatic carbocycles. The number of rotatable bonds is 4. The van der Waals surface area contributed by atoms with Crippen LogP contribution in [0, 0.1) is 17.8 Å². The third-order valence-electron chi connectivity index (χ3n) is 5.04. The fourth-order valence-corrected chi connectivity index (χ4v) is 3.99. The molecule has 3 aliphatic rings. The Morgan fingerprint density at radius 3 is 2.71 bits per heavy atom. The van der Waals surface area contributed by atoms with Crippen LogP contribution in [0.5, 0.6) is 17.2 Å². The molecule has 21 heavy (non-hydrogen) atoms. The van der Waals surface area contributed by atoms with Crippen LogP contribution >= 0.6 is 0 Å². The summed E-state index contributed by atoms with van der Waals surface area (Å²) in [5.74, 6) is 2.60. The average Bonchev–Trinajstić information content (AvgIpc) is 3.19. The highest BCUT2D eigenvalue weighted by Crippen LogP contribution is 2.48. The minimum atomic E-state index is -1.00. The Hall–Kier alpha value is -1.91. The van der Waals surface area contributed by atoms with Gasteiger partial charge in [-0.15, -0.1) is 0 Å². The monoisotopic (exact) mass is 290 g/mol. The Labute approximate surface area is 122 Å². The maximum absolute atomic E-state index is 11.4. The lowest BCUT2D eigenvalue weighted by Gasteiger charge is -2.22. The van der Waals surface area contributed by atoms with Crippen LogP contribution in [-0.2, 0) is 0 Å². The molecule has 5 heteroatoms. The molecular weight excluding hydrogens is 272 g/mol. The normalized spacial score (nSPS) is 28.9. The SMILES string of the molecule is O=C(O)c1cc2c(cc1OCC1CC3CCC1C3)OCO2. The zero-order valence-corrected chi connectivity index (χ0v) is 11.7. The molecule has 2 fully saturated rings. The molecular formula is C16H18O5. The molecule has 1 heterocycles. The van der Waals surface area contributed by atoms with E-state index in [1.54, 1.807) is 6.07 Å². The molecule has 0 aromatic heterocycles. The molecule has 0 saturated heterocycles. The van der Waals surface area contributed by atoms with Gasteiger partial charge in [-0.05, 0) is 37.0 Å². The van der Waals surface area contributed by atoms with Crippen molar-refractivity contribution in [3.05, 3.63) is 17.7 Å².